The van der Waals surface area contributed by atoms with E-state index >= 15 is 0 Å². The first-order valence-electron chi connectivity index (χ1n) is 8.12. The molecular formula is C16H34N2O. The largest absolute Gasteiger partial charge is 0.378 e. The lowest BCUT2D eigenvalue weighted by atomic mass is 9.81. The Labute approximate surface area is 120 Å². The molecule has 1 atom stereocenters. The topological polar surface area (TPSA) is 24.5 Å². The first-order valence-corrected chi connectivity index (χ1v) is 8.12. The zero-order chi connectivity index (χ0) is 14.3. The van der Waals surface area contributed by atoms with E-state index in [2.05, 4.69) is 44.8 Å². The molecule has 0 aromatic rings. The Morgan fingerprint density at radius 3 is 2.47 bits per heavy atom. The van der Waals surface area contributed by atoms with Crippen LogP contribution < -0.4 is 5.32 Å². The third-order valence-corrected chi connectivity index (χ3v) is 4.74. The van der Waals surface area contributed by atoms with Gasteiger partial charge in [-0.2, -0.15) is 0 Å². The molecule has 1 aliphatic rings. The Kier molecular flexibility index (Phi) is 7.33. The minimum Gasteiger partial charge on any atom is -0.378 e. The second-order valence-electron chi connectivity index (χ2n) is 6.35. The highest BCUT2D eigenvalue weighted by Crippen LogP contribution is 2.29. The zero-order valence-corrected chi connectivity index (χ0v) is 13.7. The van der Waals surface area contributed by atoms with Crippen molar-refractivity contribution in [2.45, 2.75) is 66.0 Å². The summed E-state index contributed by atoms with van der Waals surface area (Å²) < 4.78 is 5.63. The highest BCUT2D eigenvalue weighted by Gasteiger charge is 2.32. The van der Waals surface area contributed by atoms with Gasteiger partial charge in [-0.25, -0.2) is 0 Å². The van der Waals surface area contributed by atoms with Gasteiger partial charge in [0.15, 0.2) is 0 Å². The summed E-state index contributed by atoms with van der Waals surface area (Å²) in [5.41, 5.74) is 0.412. The van der Waals surface area contributed by atoms with Crippen molar-refractivity contribution in [3.05, 3.63) is 0 Å². The van der Waals surface area contributed by atoms with Gasteiger partial charge in [0.1, 0.15) is 0 Å². The van der Waals surface area contributed by atoms with Crippen LogP contribution in [0.4, 0.5) is 0 Å². The summed E-state index contributed by atoms with van der Waals surface area (Å²) in [4.78, 5) is 2.67. The monoisotopic (exact) mass is 270 g/mol. The molecule has 0 aliphatic carbocycles. The molecule has 1 saturated heterocycles. The fourth-order valence-electron chi connectivity index (χ4n) is 2.90. The van der Waals surface area contributed by atoms with Crippen molar-refractivity contribution in [2.75, 3.05) is 32.8 Å². The van der Waals surface area contributed by atoms with Crippen LogP contribution >= 0.6 is 0 Å². The molecule has 0 bridgehead atoms. The maximum atomic E-state index is 5.63. The highest BCUT2D eigenvalue weighted by atomic mass is 16.5. The van der Waals surface area contributed by atoms with E-state index in [1.54, 1.807) is 0 Å². The lowest BCUT2D eigenvalue weighted by Gasteiger charge is -2.43. The van der Waals surface area contributed by atoms with Crippen LogP contribution in [0.2, 0.25) is 0 Å². The van der Waals surface area contributed by atoms with Crippen LogP contribution in [-0.2, 0) is 4.74 Å². The first-order chi connectivity index (χ1) is 9.06. The quantitative estimate of drug-likeness (QED) is 0.734. The molecule has 1 aliphatic heterocycles. The molecule has 1 unspecified atom stereocenters. The molecule has 1 heterocycles. The van der Waals surface area contributed by atoms with Gasteiger partial charge in [-0.1, -0.05) is 34.6 Å². The van der Waals surface area contributed by atoms with E-state index in [9.17, 15) is 0 Å². The van der Waals surface area contributed by atoms with Crippen molar-refractivity contribution >= 4 is 0 Å². The molecule has 0 amide bonds. The van der Waals surface area contributed by atoms with Crippen LogP contribution in [0.15, 0.2) is 0 Å². The number of hydrogen-bond donors (Lipinski definition) is 1. The van der Waals surface area contributed by atoms with Gasteiger partial charge >= 0.3 is 0 Å². The van der Waals surface area contributed by atoms with Crippen LogP contribution in [0, 0.1) is 5.41 Å². The molecule has 0 radical (unpaired) electrons. The predicted octanol–water partition coefficient (Wildman–Crippen LogP) is 2.90. The maximum Gasteiger partial charge on any atom is 0.0622 e. The number of nitrogens with zero attached hydrogens (tertiary/aromatic N) is 1. The van der Waals surface area contributed by atoms with E-state index in [4.69, 9.17) is 4.74 Å². The van der Waals surface area contributed by atoms with Crippen LogP contribution in [0.3, 0.4) is 0 Å². The Balaban J connectivity index is 2.64. The van der Waals surface area contributed by atoms with Crippen molar-refractivity contribution in [2.24, 2.45) is 5.41 Å². The fourth-order valence-corrected chi connectivity index (χ4v) is 2.90. The standard InChI is InChI=1S/C16H34N2O/c1-6-15-11-19-10-9-18(15)13-16(7-2,8-3)12-17-14(4)5/h14-15,17H,6-13H2,1-5H3. The van der Waals surface area contributed by atoms with Crippen LogP contribution in [0.1, 0.15) is 53.9 Å². The first kappa shape index (κ1) is 16.9. The molecule has 1 fully saturated rings. The highest BCUT2D eigenvalue weighted by molar-refractivity contribution is 4.87. The lowest BCUT2D eigenvalue weighted by Crippen LogP contribution is -2.52. The maximum absolute atomic E-state index is 5.63. The second-order valence-corrected chi connectivity index (χ2v) is 6.35. The smallest absolute Gasteiger partial charge is 0.0622 e. The number of hydrogen-bond acceptors (Lipinski definition) is 3. The van der Waals surface area contributed by atoms with Gasteiger partial charge in [0.25, 0.3) is 0 Å². The lowest BCUT2D eigenvalue weighted by molar-refractivity contribution is -0.0299. The summed E-state index contributed by atoms with van der Waals surface area (Å²) in [5.74, 6) is 0. The van der Waals surface area contributed by atoms with Gasteiger partial charge in [0, 0.05) is 31.7 Å². The van der Waals surface area contributed by atoms with Gasteiger partial charge in [0.2, 0.25) is 0 Å². The molecule has 0 saturated carbocycles. The summed E-state index contributed by atoms with van der Waals surface area (Å²) in [6.45, 7) is 16.7. The average molecular weight is 270 g/mol. The molecule has 19 heavy (non-hydrogen) atoms. The summed E-state index contributed by atoms with van der Waals surface area (Å²) >= 11 is 0. The summed E-state index contributed by atoms with van der Waals surface area (Å²) in [6.07, 6.45) is 3.69. The van der Waals surface area contributed by atoms with Gasteiger partial charge in [-0.3, -0.25) is 4.90 Å². The SMILES string of the molecule is CCC1COCCN1CC(CC)(CC)CNC(C)C. The van der Waals surface area contributed by atoms with Crippen molar-refractivity contribution in [1.82, 2.24) is 10.2 Å². The fraction of sp³-hybridized carbons (Fsp3) is 1.00. The molecule has 0 spiro atoms. The minimum absolute atomic E-state index is 0.412. The predicted molar refractivity (Wildman–Crippen MR) is 82.6 cm³/mol. The van der Waals surface area contributed by atoms with E-state index in [0.717, 1.165) is 26.3 Å². The number of ether oxygens (including phenoxy) is 1. The Morgan fingerprint density at radius 1 is 1.26 bits per heavy atom. The Morgan fingerprint density at radius 2 is 1.95 bits per heavy atom. The van der Waals surface area contributed by atoms with Gasteiger partial charge in [0.05, 0.1) is 13.2 Å². The van der Waals surface area contributed by atoms with Crippen LogP contribution in [-0.4, -0.2) is 49.8 Å². The molecule has 1 rings (SSSR count). The van der Waals surface area contributed by atoms with Gasteiger partial charge < -0.3 is 10.1 Å². The third kappa shape index (κ3) is 5.05. The molecular weight excluding hydrogens is 236 g/mol. The number of nitrogens with one attached hydrogen (secondary N) is 1. The van der Waals surface area contributed by atoms with E-state index in [1.807, 2.05) is 0 Å². The number of morpholine rings is 1. The Bertz CT molecular complexity index is 239. The van der Waals surface area contributed by atoms with Crippen molar-refractivity contribution in [3.63, 3.8) is 0 Å². The third-order valence-electron chi connectivity index (χ3n) is 4.74. The van der Waals surface area contributed by atoms with E-state index in [-0.39, 0.29) is 0 Å². The molecule has 114 valence electrons. The Hall–Kier alpha value is -0.120. The van der Waals surface area contributed by atoms with Crippen molar-refractivity contribution in [1.29, 1.82) is 0 Å². The van der Waals surface area contributed by atoms with E-state index in [0.29, 0.717) is 17.5 Å². The molecule has 1 N–H and O–H groups in total. The minimum atomic E-state index is 0.412. The molecule has 0 aromatic heterocycles. The van der Waals surface area contributed by atoms with Crippen LogP contribution in [0.25, 0.3) is 0 Å². The second kappa shape index (κ2) is 8.23. The van der Waals surface area contributed by atoms with E-state index < -0.39 is 0 Å². The van der Waals surface area contributed by atoms with Crippen molar-refractivity contribution in [3.8, 4) is 0 Å². The molecule has 0 aromatic carbocycles. The normalized spacial score (nSPS) is 22.1. The summed E-state index contributed by atoms with van der Waals surface area (Å²) in [6, 6.07) is 1.19. The van der Waals surface area contributed by atoms with E-state index in [1.165, 1.54) is 25.8 Å². The molecule has 3 heteroatoms. The summed E-state index contributed by atoms with van der Waals surface area (Å²) in [7, 11) is 0. The van der Waals surface area contributed by atoms with Crippen molar-refractivity contribution < 1.29 is 4.74 Å². The summed E-state index contributed by atoms with van der Waals surface area (Å²) in [5, 5.41) is 3.65. The average Bonchev–Trinajstić information content (AvgIpc) is 2.44. The molecule has 3 nitrogen and oxygen atoms in total. The number of rotatable bonds is 8. The van der Waals surface area contributed by atoms with Crippen LogP contribution in [0.5, 0.6) is 0 Å². The zero-order valence-electron chi connectivity index (χ0n) is 13.7. The van der Waals surface area contributed by atoms with Gasteiger partial charge in [-0.05, 0) is 24.7 Å². The van der Waals surface area contributed by atoms with Gasteiger partial charge in [-0.15, -0.1) is 0 Å².